The smallest absolute Gasteiger partial charge is 0.287 e. The largest absolute Gasteiger partial charge is 0.306 e. The third kappa shape index (κ3) is 6.82. The van der Waals surface area contributed by atoms with Gasteiger partial charge < -0.3 is 9.80 Å². The normalized spacial score (nSPS) is 23.6. The first-order valence-electron chi connectivity index (χ1n) is 20.1. The standard InChI is InChI=1S/C40H46N8O6S4/c1-57(51,52)41-15-19-45-23-9-11-33(45)35-29(21-23)43-37(55-35)39(49)47-17-13-27-25(5-3-7-31(27)47)26-6-4-8-32-28(26)14-18-48(32)40(50)38-44-30-22-24-10-12-34(36(30)56-38)46(24)20-16-42-58(2,53)54/h3-8,23-24,33-34,41-42H,9-22H2,1-2H3. The van der Waals surface area contributed by atoms with Gasteiger partial charge in [-0.05, 0) is 72.9 Å². The number of carbonyl (C=O) groups is 2. The minimum absolute atomic E-state index is 0.0837. The van der Waals surface area contributed by atoms with E-state index in [1.807, 2.05) is 34.1 Å². The van der Waals surface area contributed by atoms with Gasteiger partial charge in [0.25, 0.3) is 11.8 Å². The average molecular weight is 863 g/mol. The lowest BCUT2D eigenvalue weighted by Crippen LogP contribution is -2.41. The van der Waals surface area contributed by atoms with E-state index < -0.39 is 20.0 Å². The zero-order valence-corrected chi connectivity index (χ0v) is 35.7. The van der Waals surface area contributed by atoms with Gasteiger partial charge in [0, 0.05) is 97.4 Å². The van der Waals surface area contributed by atoms with Crippen molar-refractivity contribution in [3.63, 3.8) is 0 Å². The Morgan fingerprint density at radius 1 is 0.672 bits per heavy atom. The highest BCUT2D eigenvalue weighted by atomic mass is 32.2. The van der Waals surface area contributed by atoms with Crippen molar-refractivity contribution in [1.29, 1.82) is 0 Å². The number of fused-ring (bicyclic) bond motifs is 10. The van der Waals surface area contributed by atoms with Crippen LogP contribution in [0.3, 0.4) is 0 Å². The molecular weight excluding hydrogens is 817 g/mol. The predicted molar refractivity (Wildman–Crippen MR) is 225 cm³/mol. The fourth-order valence-corrected chi connectivity index (χ4v) is 13.8. The third-order valence-corrected chi connectivity index (χ3v) is 16.7. The Hall–Kier alpha value is -3.62. The lowest BCUT2D eigenvalue weighted by molar-refractivity contribution is 0.0981. The van der Waals surface area contributed by atoms with E-state index in [0.717, 1.165) is 93.3 Å². The Bertz CT molecular complexity index is 2400. The van der Waals surface area contributed by atoms with Crippen LogP contribution in [0, 0.1) is 0 Å². The number of nitrogens with zero attached hydrogens (tertiary/aromatic N) is 6. The lowest BCUT2D eigenvalue weighted by Gasteiger charge is -2.33. The molecule has 2 saturated heterocycles. The molecule has 0 saturated carbocycles. The van der Waals surface area contributed by atoms with Crippen LogP contribution in [-0.4, -0.2) is 112 Å². The van der Waals surface area contributed by atoms with Gasteiger partial charge in [-0.1, -0.05) is 24.3 Å². The van der Waals surface area contributed by atoms with Crippen molar-refractivity contribution in [1.82, 2.24) is 29.2 Å². The zero-order valence-electron chi connectivity index (χ0n) is 32.4. The maximum absolute atomic E-state index is 14.2. The molecule has 2 amide bonds. The molecule has 14 nitrogen and oxygen atoms in total. The maximum atomic E-state index is 14.2. The molecule has 10 rings (SSSR count). The first kappa shape index (κ1) is 38.6. The Labute approximate surface area is 346 Å². The minimum atomic E-state index is -3.26. The molecule has 18 heteroatoms. The zero-order chi connectivity index (χ0) is 40.1. The van der Waals surface area contributed by atoms with Crippen LogP contribution in [0.4, 0.5) is 11.4 Å². The van der Waals surface area contributed by atoms with E-state index in [-0.39, 0.29) is 23.9 Å². The molecular formula is C40H46N8O6S4. The van der Waals surface area contributed by atoms with E-state index in [0.29, 0.717) is 74.2 Å². The molecule has 6 aliphatic rings. The van der Waals surface area contributed by atoms with Crippen LogP contribution >= 0.6 is 22.7 Å². The van der Waals surface area contributed by atoms with Crippen molar-refractivity contribution < 1.29 is 26.4 Å². The average Bonchev–Trinajstić information content (AvgIpc) is 4.04. The Kier molecular flexibility index (Phi) is 9.67. The monoisotopic (exact) mass is 862 g/mol. The molecule has 0 aliphatic carbocycles. The number of anilines is 2. The van der Waals surface area contributed by atoms with Crippen LogP contribution in [-0.2, 0) is 45.7 Å². The second-order valence-electron chi connectivity index (χ2n) is 16.4. The maximum Gasteiger partial charge on any atom is 0.287 e. The molecule has 4 atom stereocenters. The molecule has 2 aromatic heterocycles. The SMILES string of the molecule is CS(=O)(=O)NCCN1C2CCC1c1sc(C(=O)N3CCc4c(-c5cccc6c5CCN6C(=O)c5nc6c(s5)C5CCC(C6)N5CCNS(C)(=O)=O)cccc43)nc1C2. The van der Waals surface area contributed by atoms with Crippen molar-refractivity contribution >= 4 is 65.9 Å². The second-order valence-corrected chi connectivity index (χ2v) is 22.1. The molecule has 4 unspecified atom stereocenters. The highest BCUT2D eigenvalue weighted by Gasteiger charge is 2.44. The van der Waals surface area contributed by atoms with E-state index in [4.69, 9.17) is 9.97 Å². The quantitative estimate of drug-likeness (QED) is 0.226. The summed E-state index contributed by atoms with van der Waals surface area (Å²) in [6.07, 6.45) is 9.37. The number of nitrogens with one attached hydrogen (secondary N) is 2. The van der Waals surface area contributed by atoms with Crippen LogP contribution in [0.2, 0.25) is 0 Å². The van der Waals surface area contributed by atoms with Crippen LogP contribution in [0.25, 0.3) is 11.1 Å². The number of hydrogen-bond donors (Lipinski definition) is 2. The molecule has 58 heavy (non-hydrogen) atoms. The molecule has 2 fully saturated rings. The van der Waals surface area contributed by atoms with Gasteiger partial charge in [0.1, 0.15) is 0 Å². The summed E-state index contributed by atoms with van der Waals surface area (Å²) in [5, 5.41) is 1.02. The molecule has 8 heterocycles. The predicted octanol–water partition coefficient (Wildman–Crippen LogP) is 3.89. The van der Waals surface area contributed by atoms with E-state index in [1.165, 1.54) is 35.2 Å². The van der Waals surface area contributed by atoms with Crippen molar-refractivity contribution in [2.75, 3.05) is 61.6 Å². The first-order valence-corrected chi connectivity index (χ1v) is 25.5. The van der Waals surface area contributed by atoms with Crippen LogP contribution in [0.5, 0.6) is 0 Å². The number of benzene rings is 2. The second kappa shape index (κ2) is 14.5. The molecule has 2 N–H and O–H groups in total. The number of carbonyl (C=O) groups excluding carboxylic acids is 2. The van der Waals surface area contributed by atoms with Crippen LogP contribution in [0.1, 0.15) is 89.6 Å². The van der Waals surface area contributed by atoms with Crippen molar-refractivity contribution in [2.45, 2.75) is 75.5 Å². The summed E-state index contributed by atoms with van der Waals surface area (Å²) in [6.45, 7) is 3.11. The summed E-state index contributed by atoms with van der Waals surface area (Å²) >= 11 is 2.98. The highest BCUT2D eigenvalue weighted by Crippen LogP contribution is 2.48. The summed E-state index contributed by atoms with van der Waals surface area (Å²) < 4.78 is 51.9. The number of sulfonamides is 2. The number of amides is 2. The van der Waals surface area contributed by atoms with Gasteiger partial charge in [0.2, 0.25) is 20.0 Å². The van der Waals surface area contributed by atoms with Gasteiger partial charge in [0.15, 0.2) is 10.0 Å². The molecule has 0 spiro atoms. The summed E-state index contributed by atoms with van der Waals surface area (Å²) in [7, 11) is -6.52. The molecule has 4 aromatic rings. The molecule has 0 radical (unpaired) electrons. The van der Waals surface area contributed by atoms with Gasteiger partial charge in [-0.2, -0.15) is 0 Å². The number of aromatic nitrogens is 2. The molecule has 6 aliphatic heterocycles. The van der Waals surface area contributed by atoms with Gasteiger partial charge in [-0.25, -0.2) is 36.2 Å². The van der Waals surface area contributed by atoms with Crippen molar-refractivity contribution in [3.8, 4) is 11.1 Å². The van der Waals surface area contributed by atoms with E-state index in [2.05, 4.69) is 31.4 Å². The Balaban J connectivity index is 0.864. The summed E-state index contributed by atoms with van der Waals surface area (Å²) in [5.41, 5.74) is 8.23. The summed E-state index contributed by atoms with van der Waals surface area (Å²) in [6, 6.07) is 13.2. The lowest BCUT2D eigenvalue weighted by atomic mass is 9.93. The van der Waals surface area contributed by atoms with Gasteiger partial charge in [-0.15, -0.1) is 22.7 Å². The van der Waals surface area contributed by atoms with Crippen LogP contribution < -0.4 is 19.2 Å². The number of thiazole rings is 2. The highest BCUT2D eigenvalue weighted by molar-refractivity contribution is 7.89. The summed E-state index contributed by atoms with van der Waals surface area (Å²) in [5.74, 6) is -0.167. The molecule has 306 valence electrons. The first-order chi connectivity index (χ1) is 27.8. The van der Waals surface area contributed by atoms with Crippen molar-refractivity contribution in [2.24, 2.45) is 0 Å². The number of rotatable bonds is 11. The van der Waals surface area contributed by atoms with Crippen molar-refractivity contribution in [3.05, 3.63) is 78.7 Å². The van der Waals surface area contributed by atoms with Gasteiger partial charge in [0.05, 0.1) is 23.9 Å². The van der Waals surface area contributed by atoms with E-state index in [9.17, 15) is 26.4 Å². The summed E-state index contributed by atoms with van der Waals surface area (Å²) in [4.78, 5) is 49.0. The number of hydrogen-bond acceptors (Lipinski definition) is 12. The topological polar surface area (TPSA) is 165 Å². The minimum Gasteiger partial charge on any atom is -0.306 e. The van der Waals surface area contributed by atoms with Gasteiger partial charge >= 0.3 is 0 Å². The van der Waals surface area contributed by atoms with Crippen LogP contribution in [0.15, 0.2) is 36.4 Å². The Morgan fingerprint density at radius 2 is 1.10 bits per heavy atom. The molecule has 2 aromatic carbocycles. The third-order valence-electron chi connectivity index (χ3n) is 12.9. The fraction of sp³-hybridized carbons (Fsp3) is 0.500. The van der Waals surface area contributed by atoms with E-state index >= 15 is 0 Å². The van der Waals surface area contributed by atoms with Gasteiger partial charge in [-0.3, -0.25) is 19.4 Å². The molecule has 4 bridgehead atoms. The fourth-order valence-electron chi connectivity index (χ4n) is 10.5. The van der Waals surface area contributed by atoms with E-state index in [1.54, 1.807) is 0 Å². The Morgan fingerprint density at radius 3 is 1.52 bits per heavy atom.